The van der Waals surface area contributed by atoms with E-state index in [1.807, 2.05) is 33.3 Å². The Kier molecular flexibility index (Phi) is 61.6. The van der Waals surface area contributed by atoms with Crippen molar-refractivity contribution >= 4 is 19.7 Å². The van der Waals surface area contributed by atoms with Crippen LogP contribution in [-0.2, 0) is 27.9 Å². The summed E-state index contributed by atoms with van der Waals surface area (Å²) in [6.45, 7) is 6.73. The predicted octanol–water partition coefficient (Wildman–Crippen LogP) is 22.0. The molecule has 1 N–H and O–H groups in total. The first-order valence-corrected chi connectivity index (χ1v) is 37.0. The van der Waals surface area contributed by atoms with E-state index in [1.165, 1.54) is 167 Å². The maximum Gasteiger partial charge on any atom is 0.306 e. The minimum Gasteiger partial charge on any atom is -0.756 e. The first kappa shape index (κ1) is 81.9. The van der Waals surface area contributed by atoms with Crippen LogP contribution in [0.2, 0.25) is 0 Å². The van der Waals surface area contributed by atoms with Gasteiger partial charge in [0.15, 0.2) is 0 Å². The lowest BCUT2D eigenvalue weighted by atomic mass is 10.0. The van der Waals surface area contributed by atoms with Crippen LogP contribution in [0.25, 0.3) is 0 Å². The van der Waals surface area contributed by atoms with Crippen molar-refractivity contribution in [1.82, 2.24) is 5.32 Å². The van der Waals surface area contributed by atoms with Crippen molar-refractivity contribution in [2.45, 2.75) is 328 Å². The molecular formula is C75H135N2O7P. The van der Waals surface area contributed by atoms with Crippen LogP contribution in [0, 0.1) is 0 Å². The van der Waals surface area contributed by atoms with Gasteiger partial charge in [0.25, 0.3) is 7.82 Å². The predicted molar refractivity (Wildman–Crippen MR) is 367 cm³/mol. The van der Waals surface area contributed by atoms with Gasteiger partial charge in [-0.15, -0.1) is 0 Å². The number of ether oxygens (including phenoxy) is 1. The van der Waals surface area contributed by atoms with Crippen molar-refractivity contribution in [2.75, 3.05) is 40.9 Å². The third-order valence-corrected chi connectivity index (χ3v) is 16.5. The minimum atomic E-state index is -4.71. The van der Waals surface area contributed by atoms with Crippen LogP contribution in [0.1, 0.15) is 316 Å². The Morgan fingerprint density at radius 1 is 0.424 bits per heavy atom. The van der Waals surface area contributed by atoms with Gasteiger partial charge in [0.2, 0.25) is 5.91 Å². The van der Waals surface area contributed by atoms with Crippen LogP contribution < -0.4 is 10.2 Å². The lowest BCUT2D eigenvalue weighted by Gasteiger charge is -2.30. The molecule has 0 aliphatic rings. The van der Waals surface area contributed by atoms with E-state index in [1.54, 1.807) is 0 Å². The molecule has 0 rings (SSSR count). The largest absolute Gasteiger partial charge is 0.756 e. The van der Waals surface area contributed by atoms with E-state index in [0.29, 0.717) is 17.4 Å². The number of esters is 1. The number of hydrogen-bond acceptors (Lipinski definition) is 7. The van der Waals surface area contributed by atoms with Gasteiger partial charge in [0, 0.05) is 12.8 Å². The molecule has 85 heavy (non-hydrogen) atoms. The molecule has 0 radical (unpaired) electrons. The molecule has 1 amide bonds. The Hall–Kier alpha value is -3.07. The fourth-order valence-electron chi connectivity index (χ4n) is 10.1. The molecule has 3 atom stereocenters. The lowest BCUT2D eigenvalue weighted by molar-refractivity contribution is -0.870. The zero-order chi connectivity index (χ0) is 62.1. The number of quaternary nitrogens is 1. The molecule has 0 aliphatic carbocycles. The molecule has 0 aromatic heterocycles. The second-order valence-electron chi connectivity index (χ2n) is 25.0. The second kappa shape index (κ2) is 63.9. The van der Waals surface area contributed by atoms with Crippen LogP contribution in [0.15, 0.2) is 97.2 Å². The van der Waals surface area contributed by atoms with Crippen LogP contribution in [0.5, 0.6) is 0 Å². The van der Waals surface area contributed by atoms with E-state index in [2.05, 4.69) is 111 Å². The Morgan fingerprint density at radius 2 is 0.753 bits per heavy atom. The van der Waals surface area contributed by atoms with Gasteiger partial charge in [-0.3, -0.25) is 14.2 Å². The Bertz CT molecular complexity index is 1780. The number of hydrogen-bond donors (Lipinski definition) is 1. The average Bonchev–Trinajstić information content (AvgIpc) is 3.48. The summed E-state index contributed by atoms with van der Waals surface area (Å²) in [7, 11) is 1.18. The molecule has 9 nitrogen and oxygen atoms in total. The highest BCUT2D eigenvalue weighted by molar-refractivity contribution is 7.45. The summed E-state index contributed by atoms with van der Waals surface area (Å²) >= 11 is 0. The number of phosphoric acid groups is 1. The fourth-order valence-corrected chi connectivity index (χ4v) is 10.8. The van der Waals surface area contributed by atoms with E-state index >= 15 is 0 Å². The second-order valence-corrected chi connectivity index (χ2v) is 26.4. The molecule has 0 aliphatic heterocycles. The third kappa shape index (κ3) is 65.2. The number of carbonyl (C=O) groups excluding carboxylic acids is 2. The summed E-state index contributed by atoms with van der Waals surface area (Å²) in [6.07, 6.45) is 86.6. The number of nitrogens with zero attached hydrogens (tertiary/aromatic N) is 1. The summed E-state index contributed by atoms with van der Waals surface area (Å²) in [5, 5.41) is 3.04. The molecule has 0 saturated carbocycles. The van der Waals surface area contributed by atoms with Crippen LogP contribution in [0.4, 0.5) is 0 Å². The Morgan fingerprint density at radius 3 is 1.15 bits per heavy atom. The zero-order valence-electron chi connectivity index (χ0n) is 56.3. The molecule has 0 saturated heterocycles. The highest BCUT2D eigenvalue weighted by Crippen LogP contribution is 2.38. The van der Waals surface area contributed by atoms with Gasteiger partial charge in [-0.25, -0.2) is 0 Å². The number of allylic oxidation sites excluding steroid dienone is 15. The summed E-state index contributed by atoms with van der Waals surface area (Å²) in [6, 6.07) is -0.898. The fraction of sp³-hybridized carbons (Fsp3) is 0.760. The van der Waals surface area contributed by atoms with Gasteiger partial charge in [-0.05, 0) is 109 Å². The molecule has 0 spiro atoms. The maximum atomic E-state index is 13.6. The Labute approximate surface area is 526 Å². The molecule has 0 fully saturated rings. The topological polar surface area (TPSA) is 114 Å². The van der Waals surface area contributed by atoms with Crippen LogP contribution >= 0.6 is 7.82 Å². The van der Waals surface area contributed by atoms with E-state index in [4.69, 9.17) is 13.8 Å². The minimum absolute atomic E-state index is 0.0268. The number of amides is 1. The highest BCUT2D eigenvalue weighted by atomic mass is 31.2. The number of rotatable bonds is 64. The zero-order valence-corrected chi connectivity index (χ0v) is 57.2. The third-order valence-electron chi connectivity index (χ3n) is 15.5. The van der Waals surface area contributed by atoms with Gasteiger partial charge in [0.05, 0.1) is 33.8 Å². The normalized spacial score (nSPS) is 14.1. The maximum absolute atomic E-state index is 13.6. The summed E-state index contributed by atoms with van der Waals surface area (Å²) < 4.78 is 30.5. The van der Waals surface area contributed by atoms with Gasteiger partial charge < -0.3 is 28.5 Å². The van der Waals surface area contributed by atoms with E-state index in [0.717, 1.165) is 116 Å². The summed E-state index contributed by atoms with van der Waals surface area (Å²) in [5.41, 5.74) is 0. The Balaban J connectivity index is 5.13. The van der Waals surface area contributed by atoms with Crippen molar-refractivity contribution < 1.29 is 37.3 Å². The molecule has 0 aromatic carbocycles. The molecule has 10 heteroatoms. The summed E-state index contributed by atoms with van der Waals surface area (Å²) in [4.78, 5) is 40.2. The summed E-state index contributed by atoms with van der Waals surface area (Å²) in [5.74, 6) is -0.545. The van der Waals surface area contributed by atoms with Crippen LogP contribution in [0.3, 0.4) is 0 Å². The van der Waals surface area contributed by atoms with Crippen molar-refractivity contribution in [1.29, 1.82) is 0 Å². The number of nitrogens with one attached hydrogen (secondary N) is 1. The SMILES string of the molecule is CC/C=C\C/C=C\C/C=C\C/C=C\C/C=C\CCCCCCCCCCCC(=O)OC(/C=C/CCCCCCCCCCCCC)C(COP(=O)([O-])OCC[N+](C)(C)C)NC(=O)CCCCCCCCCCCCC/C=C\C/C=C\CCCCC. The average molecular weight is 1210 g/mol. The number of carbonyl (C=O) groups is 2. The van der Waals surface area contributed by atoms with E-state index in [9.17, 15) is 19.0 Å². The molecule has 0 heterocycles. The monoisotopic (exact) mass is 1210 g/mol. The van der Waals surface area contributed by atoms with Crippen LogP contribution in [-0.4, -0.2) is 69.4 Å². The standard InChI is InChI=1S/C75H135N2O7P/c1-7-10-13-16-19-22-25-28-30-32-34-36-37-38-39-41-43-45-47-50-53-56-59-62-65-68-75(79)84-73(66-63-60-57-54-51-48-27-24-21-18-15-12-9-3)72(71-83-85(80,81)82-70-69-77(4,5)6)76-74(78)67-64-61-58-55-52-49-46-44-42-40-35-33-31-29-26-23-20-17-14-11-8-2/h10,13,19-20,22-23,28-31,34,36,38-39,63,66,72-73H,7-9,11-12,14-18,21,24-27,32-33,35,37,40-62,64-65,67-71H2,1-6H3,(H-,76,78,80,81)/b13-10-,22-19-,23-20-,30-28-,31-29-,36-34-,39-38-,66-63+. The smallest absolute Gasteiger partial charge is 0.306 e. The van der Waals surface area contributed by atoms with Gasteiger partial charge in [-0.2, -0.15) is 0 Å². The van der Waals surface area contributed by atoms with E-state index in [-0.39, 0.29) is 24.9 Å². The van der Waals surface area contributed by atoms with Crippen molar-refractivity contribution in [3.05, 3.63) is 97.2 Å². The number of unbranched alkanes of at least 4 members (excludes halogenated alkanes) is 34. The van der Waals surface area contributed by atoms with Crippen molar-refractivity contribution in [3.63, 3.8) is 0 Å². The van der Waals surface area contributed by atoms with Gasteiger partial charge >= 0.3 is 5.97 Å². The van der Waals surface area contributed by atoms with Gasteiger partial charge in [-0.1, -0.05) is 292 Å². The first-order valence-electron chi connectivity index (χ1n) is 35.5. The van der Waals surface area contributed by atoms with Crippen molar-refractivity contribution in [3.8, 4) is 0 Å². The first-order chi connectivity index (χ1) is 41.4. The van der Waals surface area contributed by atoms with Gasteiger partial charge in [0.1, 0.15) is 19.3 Å². The molecule has 492 valence electrons. The number of phosphoric ester groups is 1. The highest BCUT2D eigenvalue weighted by Gasteiger charge is 2.27. The molecule has 3 unspecified atom stereocenters. The lowest BCUT2D eigenvalue weighted by Crippen LogP contribution is -2.47. The quantitative estimate of drug-likeness (QED) is 0.0212. The molecule has 0 bridgehead atoms. The van der Waals surface area contributed by atoms with Crippen molar-refractivity contribution in [2.24, 2.45) is 0 Å². The van der Waals surface area contributed by atoms with E-state index < -0.39 is 26.6 Å². The molecular weight excluding hydrogens is 1070 g/mol. The number of likely N-dealkylation sites (N-methyl/N-ethyl adjacent to an activating group) is 1. The molecule has 0 aromatic rings.